The van der Waals surface area contributed by atoms with E-state index in [1.165, 1.54) is 18.4 Å². The minimum Gasteiger partial charge on any atom is -0.118 e. The summed E-state index contributed by atoms with van der Waals surface area (Å²) in [6, 6.07) is 0. The van der Waals surface area contributed by atoms with Gasteiger partial charge in [-0.15, -0.1) is 11.6 Å². The van der Waals surface area contributed by atoms with Crippen molar-refractivity contribution < 1.29 is 0 Å². The second-order valence-electron chi connectivity index (χ2n) is 4.25. The van der Waals surface area contributed by atoms with Crippen LogP contribution in [0, 0.1) is 11.8 Å². The van der Waals surface area contributed by atoms with E-state index in [0.717, 1.165) is 18.3 Å². The molecule has 1 aliphatic carbocycles. The Labute approximate surface area is 81.0 Å². The standard InChI is InChI=1S/C11H19Cl/c1-8-4-5-11(12)7-10(3)9(2)6-8/h7-9,11H,4-6H2,1-3H3/b10-7-. The van der Waals surface area contributed by atoms with Crippen molar-refractivity contribution in [2.75, 3.05) is 0 Å². The van der Waals surface area contributed by atoms with Crippen LogP contribution in [0.5, 0.6) is 0 Å². The molecular weight excluding hydrogens is 168 g/mol. The number of rotatable bonds is 0. The molecule has 0 amide bonds. The zero-order valence-corrected chi connectivity index (χ0v) is 9.06. The van der Waals surface area contributed by atoms with Crippen LogP contribution >= 0.6 is 11.6 Å². The molecule has 0 nitrogen and oxygen atoms in total. The maximum atomic E-state index is 6.14. The minimum atomic E-state index is 0.273. The van der Waals surface area contributed by atoms with Gasteiger partial charge in [0.1, 0.15) is 0 Å². The molecule has 0 saturated heterocycles. The Balaban J connectivity index is 2.66. The van der Waals surface area contributed by atoms with E-state index in [0.29, 0.717) is 0 Å². The van der Waals surface area contributed by atoms with Crippen molar-refractivity contribution >= 4 is 11.6 Å². The Bertz CT molecular complexity index is 172. The summed E-state index contributed by atoms with van der Waals surface area (Å²) >= 11 is 6.14. The van der Waals surface area contributed by atoms with E-state index in [9.17, 15) is 0 Å². The van der Waals surface area contributed by atoms with Crippen molar-refractivity contribution in [1.29, 1.82) is 0 Å². The number of halogens is 1. The number of hydrogen-bond donors (Lipinski definition) is 0. The van der Waals surface area contributed by atoms with E-state index in [1.807, 2.05) is 0 Å². The Morgan fingerprint density at radius 1 is 1.33 bits per heavy atom. The molecule has 70 valence electrons. The molecule has 0 radical (unpaired) electrons. The van der Waals surface area contributed by atoms with Gasteiger partial charge in [-0.1, -0.05) is 25.5 Å². The van der Waals surface area contributed by atoms with Gasteiger partial charge >= 0.3 is 0 Å². The SMILES string of the molecule is C/C1=C/C(Cl)CCC(C)CC1C. The molecule has 12 heavy (non-hydrogen) atoms. The van der Waals surface area contributed by atoms with Gasteiger partial charge < -0.3 is 0 Å². The zero-order valence-electron chi connectivity index (χ0n) is 8.31. The fourth-order valence-corrected chi connectivity index (χ4v) is 2.21. The predicted octanol–water partition coefficient (Wildman–Crippen LogP) is 4.00. The van der Waals surface area contributed by atoms with Crippen LogP contribution in [-0.2, 0) is 0 Å². The fraction of sp³-hybridized carbons (Fsp3) is 0.818. The lowest BCUT2D eigenvalue weighted by Gasteiger charge is -2.22. The molecule has 3 atom stereocenters. The summed E-state index contributed by atoms with van der Waals surface area (Å²) in [6.07, 6.45) is 5.99. The molecule has 0 saturated carbocycles. The topological polar surface area (TPSA) is 0 Å². The Kier molecular flexibility index (Phi) is 3.64. The quantitative estimate of drug-likeness (QED) is 0.396. The van der Waals surface area contributed by atoms with E-state index >= 15 is 0 Å². The second-order valence-corrected chi connectivity index (χ2v) is 4.81. The molecule has 1 aliphatic rings. The lowest BCUT2D eigenvalue weighted by molar-refractivity contribution is 0.408. The third-order valence-electron chi connectivity index (χ3n) is 2.91. The molecule has 1 rings (SSSR count). The van der Waals surface area contributed by atoms with E-state index in [4.69, 9.17) is 11.6 Å². The molecule has 0 N–H and O–H groups in total. The molecule has 0 fully saturated rings. The molecule has 0 aromatic carbocycles. The van der Waals surface area contributed by atoms with Gasteiger partial charge in [-0.3, -0.25) is 0 Å². The third kappa shape index (κ3) is 2.82. The Morgan fingerprint density at radius 3 is 2.67 bits per heavy atom. The largest absolute Gasteiger partial charge is 0.118 e. The van der Waals surface area contributed by atoms with Crippen molar-refractivity contribution in [2.45, 2.75) is 45.4 Å². The first kappa shape index (κ1) is 10.1. The van der Waals surface area contributed by atoms with E-state index < -0.39 is 0 Å². The number of allylic oxidation sites excluding steroid dienone is 2. The highest BCUT2D eigenvalue weighted by atomic mass is 35.5. The summed E-state index contributed by atoms with van der Waals surface area (Å²) in [7, 11) is 0. The summed E-state index contributed by atoms with van der Waals surface area (Å²) < 4.78 is 0. The molecule has 0 heterocycles. The average molecular weight is 187 g/mol. The first-order chi connectivity index (χ1) is 5.59. The molecule has 0 bridgehead atoms. The van der Waals surface area contributed by atoms with Gasteiger partial charge in [-0.2, -0.15) is 0 Å². The summed E-state index contributed by atoms with van der Waals surface area (Å²) in [5.74, 6) is 1.56. The maximum absolute atomic E-state index is 6.14. The smallest absolute Gasteiger partial charge is 0.0518 e. The predicted molar refractivity (Wildman–Crippen MR) is 55.6 cm³/mol. The first-order valence-electron chi connectivity index (χ1n) is 4.92. The fourth-order valence-electron chi connectivity index (χ4n) is 1.88. The molecule has 0 aliphatic heterocycles. The van der Waals surface area contributed by atoms with Crippen LogP contribution in [0.15, 0.2) is 11.6 Å². The van der Waals surface area contributed by atoms with Gasteiger partial charge in [0.15, 0.2) is 0 Å². The van der Waals surface area contributed by atoms with Gasteiger partial charge in [0.05, 0.1) is 5.38 Å². The average Bonchev–Trinajstić information content (AvgIpc) is 1.99. The van der Waals surface area contributed by atoms with Gasteiger partial charge in [0.2, 0.25) is 0 Å². The van der Waals surface area contributed by atoms with Crippen molar-refractivity contribution in [3.05, 3.63) is 11.6 Å². The van der Waals surface area contributed by atoms with Crippen molar-refractivity contribution in [1.82, 2.24) is 0 Å². The molecule has 3 unspecified atom stereocenters. The van der Waals surface area contributed by atoms with Crippen LogP contribution in [0.4, 0.5) is 0 Å². The lowest BCUT2D eigenvalue weighted by Crippen LogP contribution is -2.11. The molecule has 0 aromatic rings. The molecule has 0 spiro atoms. The molecule has 0 aromatic heterocycles. The highest BCUT2D eigenvalue weighted by Crippen LogP contribution is 2.28. The Morgan fingerprint density at radius 2 is 2.00 bits per heavy atom. The van der Waals surface area contributed by atoms with Gasteiger partial charge in [0, 0.05) is 0 Å². The monoisotopic (exact) mass is 186 g/mol. The van der Waals surface area contributed by atoms with Crippen LogP contribution in [0.2, 0.25) is 0 Å². The normalized spacial score (nSPS) is 42.7. The highest BCUT2D eigenvalue weighted by molar-refractivity contribution is 6.21. The van der Waals surface area contributed by atoms with Crippen LogP contribution in [0.25, 0.3) is 0 Å². The van der Waals surface area contributed by atoms with Crippen molar-refractivity contribution in [3.63, 3.8) is 0 Å². The summed E-state index contributed by atoms with van der Waals surface area (Å²) in [5.41, 5.74) is 1.47. The van der Waals surface area contributed by atoms with Gasteiger partial charge in [-0.25, -0.2) is 0 Å². The van der Waals surface area contributed by atoms with Crippen LogP contribution in [-0.4, -0.2) is 5.38 Å². The van der Waals surface area contributed by atoms with Crippen LogP contribution in [0.3, 0.4) is 0 Å². The van der Waals surface area contributed by atoms with Crippen molar-refractivity contribution in [2.24, 2.45) is 11.8 Å². The van der Waals surface area contributed by atoms with E-state index in [2.05, 4.69) is 26.8 Å². The summed E-state index contributed by atoms with van der Waals surface area (Å²) in [6.45, 7) is 6.84. The van der Waals surface area contributed by atoms with E-state index in [1.54, 1.807) is 0 Å². The second kappa shape index (κ2) is 4.32. The van der Waals surface area contributed by atoms with Gasteiger partial charge in [-0.05, 0) is 38.0 Å². The number of hydrogen-bond acceptors (Lipinski definition) is 0. The highest BCUT2D eigenvalue weighted by Gasteiger charge is 2.15. The molecular formula is C11H19Cl. The third-order valence-corrected chi connectivity index (χ3v) is 3.26. The summed E-state index contributed by atoms with van der Waals surface area (Å²) in [4.78, 5) is 0. The first-order valence-corrected chi connectivity index (χ1v) is 5.35. The Hall–Kier alpha value is 0.0300. The molecule has 1 heteroatoms. The number of alkyl halides is 1. The van der Waals surface area contributed by atoms with Crippen molar-refractivity contribution in [3.8, 4) is 0 Å². The van der Waals surface area contributed by atoms with E-state index in [-0.39, 0.29) is 5.38 Å². The van der Waals surface area contributed by atoms with Crippen LogP contribution < -0.4 is 0 Å². The van der Waals surface area contributed by atoms with Gasteiger partial charge in [0.25, 0.3) is 0 Å². The lowest BCUT2D eigenvalue weighted by atomic mass is 9.86. The zero-order chi connectivity index (χ0) is 9.14. The minimum absolute atomic E-state index is 0.273. The van der Waals surface area contributed by atoms with Crippen LogP contribution in [0.1, 0.15) is 40.0 Å². The summed E-state index contributed by atoms with van der Waals surface area (Å²) in [5, 5.41) is 0.273. The maximum Gasteiger partial charge on any atom is 0.0518 e.